The van der Waals surface area contributed by atoms with Crippen molar-refractivity contribution in [1.29, 1.82) is 0 Å². The SMILES string of the molecule is Cc1ccc(OCC(O)CNC(C)(C)C)c2[nH]c(=S)[nH]c12. The summed E-state index contributed by atoms with van der Waals surface area (Å²) in [5, 5.41) is 13.2. The van der Waals surface area contributed by atoms with Crippen LogP contribution in [0, 0.1) is 11.7 Å². The number of imidazole rings is 1. The van der Waals surface area contributed by atoms with E-state index in [0.29, 0.717) is 17.1 Å². The van der Waals surface area contributed by atoms with E-state index in [1.54, 1.807) is 0 Å². The van der Waals surface area contributed by atoms with E-state index >= 15 is 0 Å². The number of benzene rings is 1. The van der Waals surface area contributed by atoms with Crippen molar-refractivity contribution >= 4 is 23.3 Å². The number of aryl methyl sites for hydroxylation is 1. The smallest absolute Gasteiger partial charge is 0.175 e. The number of hydrogen-bond acceptors (Lipinski definition) is 4. The summed E-state index contributed by atoms with van der Waals surface area (Å²) in [5.74, 6) is 0.692. The number of aromatic amines is 2. The Bertz CT molecular complexity index is 670. The third kappa shape index (κ3) is 4.30. The van der Waals surface area contributed by atoms with Crippen LogP contribution in [0.4, 0.5) is 0 Å². The Labute approximate surface area is 129 Å². The summed E-state index contributed by atoms with van der Waals surface area (Å²) >= 11 is 5.12. The molecule has 21 heavy (non-hydrogen) atoms. The quantitative estimate of drug-likeness (QED) is 0.641. The van der Waals surface area contributed by atoms with Crippen molar-refractivity contribution in [2.45, 2.75) is 39.3 Å². The second kappa shape index (κ2) is 6.17. The van der Waals surface area contributed by atoms with E-state index in [0.717, 1.165) is 16.6 Å². The van der Waals surface area contributed by atoms with E-state index in [9.17, 15) is 5.11 Å². The summed E-state index contributed by atoms with van der Waals surface area (Å²) in [4.78, 5) is 6.19. The lowest BCUT2D eigenvalue weighted by Gasteiger charge is -2.23. The molecule has 4 N–H and O–H groups in total. The number of rotatable bonds is 5. The van der Waals surface area contributed by atoms with Gasteiger partial charge in [-0.25, -0.2) is 0 Å². The van der Waals surface area contributed by atoms with Gasteiger partial charge in [0.2, 0.25) is 0 Å². The first-order chi connectivity index (χ1) is 9.76. The number of aliphatic hydroxyl groups excluding tert-OH is 1. The predicted octanol–water partition coefficient (Wildman–Crippen LogP) is 2.66. The van der Waals surface area contributed by atoms with Crippen LogP contribution in [-0.2, 0) is 0 Å². The summed E-state index contributed by atoms with van der Waals surface area (Å²) in [7, 11) is 0. The van der Waals surface area contributed by atoms with Gasteiger partial charge in [0, 0.05) is 12.1 Å². The zero-order chi connectivity index (χ0) is 15.6. The van der Waals surface area contributed by atoms with E-state index in [4.69, 9.17) is 17.0 Å². The predicted molar refractivity (Wildman–Crippen MR) is 87.5 cm³/mol. The third-order valence-corrected chi connectivity index (χ3v) is 3.36. The van der Waals surface area contributed by atoms with E-state index in [-0.39, 0.29) is 12.1 Å². The van der Waals surface area contributed by atoms with Crippen LogP contribution in [-0.4, -0.2) is 39.9 Å². The fourth-order valence-corrected chi connectivity index (χ4v) is 2.22. The number of nitrogens with one attached hydrogen (secondary N) is 3. The average molecular weight is 309 g/mol. The number of β-amino-alcohol motifs (C(OH)–C–C–N with tert-alkyl or cyclic N) is 1. The van der Waals surface area contributed by atoms with Gasteiger partial charge < -0.3 is 25.1 Å². The van der Waals surface area contributed by atoms with Gasteiger partial charge in [-0.1, -0.05) is 6.07 Å². The molecule has 0 saturated carbocycles. The Hall–Kier alpha value is -1.37. The molecule has 0 fully saturated rings. The molecule has 5 nitrogen and oxygen atoms in total. The number of ether oxygens (including phenoxy) is 1. The van der Waals surface area contributed by atoms with Crippen LogP contribution in [0.2, 0.25) is 0 Å². The van der Waals surface area contributed by atoms with Gasteiger partial charge in [0.1, 0.15) is 24.0 Å². The van der Waals surface area contributed by atoms with Crippen LogP contribution in [0.25, 0.3) is 11.0 Å². The fourth-order valence-electron chi connectivity index (χ4n) is 2.02. The highest BCUT2D eigenvalue weighted by atomic mass is 32.1. The van der Waals surface area contributed by atoms with Crippen LogP contribution < -0.4 is 10.1 Å². The fraction of sp³-hybridized carbons (Fsp3) is 0.533. The Morgan fingerprint density at radius 2 is 1.95 bits per heavy atom. The van der Waals surface area contributed by atoms with Crippen molar-refractivity contribution in [3.05, 3.63) is 22.5 Å². The first kappa shape index (κ1) is 16.0. The molecule has 2 aromatic rings. The number of hydrogen-bond donors (Lipinski definition) is 4. The minimum atomic E-state index is -0.567. The Morgan fingerprint density at radius 1 is 1.29 bits per heavy atom. The molecule has 1 aromatic carbocycles. The molecule has 1 aromatic heterocycles. The van der Waals surface area contributed by atoms with Gasteiger partial charge in [0.25, 0.3) is 0 Å². The minimum Gasteiger partial charge on any atom is -0.489 e. The maximum atomic E-state index is 9.98. The van der Waals surface area contributed by atoms with Gasteiger partial charge in [-0.15, -0.1) is 0 Å². The topological polar surface area (TPSA) is 73.1 Å². The standard InChI is InChI=1S/C15H23N3O2S/c1-9-5-6-11(13-12(9)17-14(21)18-13)20-8-10(19)7-16-15(2,3)4/h5-6,10,16,19H,7-8H2,1-4H3,(H2,17,18,21). The highest BCUT2D eigenvalue weighted by Crippen LogP contribution is 2.25. The molecule has 6 heteroatoms. The normalized spacial score (nSPS) is 13.6. The molecule has 1 unspecified atom stereocenters. The third-order valence-electron chi connectivity index (χ3n) is 3.15. The lowest BCUT2D eigenvalue weighted by atomic mass is 10.1. The molecule has 0 spiro atoms. The van der Waals surface area contributed by atoms with Crippen molar-refractivity contribution in [3.8, 4) is 5.75 Å². The monoisotopic (exact) mass is 309 g/mol. The van der Waals surface area contributed by atoms with Crippen molar-refractivity contribution in [1.82, 2.24) is 15.3 Å². The molecule has 0 aliphatic rings. The molecule has 0 bridgehead atoms. The number of H-pyrrole nitrogens is 2. The molecular weight excluding hydrogens is 286 g/mol. The molecule has 0 radical (unpaired) electrons. The molecule has 1 heterocycles. The van der Waals surface area contributed by atoms with Crippen LogP contribution in [0.3, 0.4) is 0 Å². The molecule has 0 saturated heterocycles. The van der Waals surface area contributed by atoms with Crippen molar-refractivity contribution in [2.75, 3.05) is 13.2 Å². The zero-order valence-electron chi connectivity index (χ0n) is 12.9. The van der Waals surface area contributed by atoms with Crippen LogP contribution >= 0.6 is 12.2 Å². The van der Waals surface area contributed by atoms with E-state index in [1.807, 2.05) is 19.1 Å². The van der Waals surface area contributed by atoms with Crippen LogP contribution in [0.1, 0.15) is 26.3 Å². The number of fused-ring (bicyclic) bond motifs is 1. The zero-order valence-corrected chi connectivity index (χ0v) is 13.7. The largest absolute Gasteiger partial charge is 0.489 e. The minimum absolute atomic E-state index is 0.0241. The molecule has 0 aliphatic carbocycles. The van der Waals surface area contributed by atoms with Crippen LogP contribution in [0.15, 0.2) is 12.1 Å². The second-order valence-electron chi connectivity index (χ2n) is 6.31. The maximum absolute atomic E-state index is 9.98. The summed E-state index contributed by atoms with van der Waals surface area (Å²) in [6.45, 7) is 8.90. The Balaban J connectivity index is 2.04. The second-order valence-corrected chi connectivity index (χ2v) is 6.71. The van der Waals surface area contributed by atoms with Crippen molar-refractivity contribution < 1.29 is 9.84 Å². The molecule has 0 aliphatic heterocycles. The van der Waals surface area contributed by atoms with E-state index in [2.05, 4.69) is 36.1 Å². The summed E-state index contributed by atoms with van der Waals surface area (Å²) in [6.07, 6.45) is -0.567. The first-order valence-corrected chi connectivity index (χ1v) is 7.44. The Morgan fingerprint density at radius 3 is 2.62 bits per heavy atom. The highest BCUT2D eigenvalue weighted by Gasteiger charge is 2.14. The van der Waals surface area contributed by atoms with Gasteiger partial charge in [-0.05, 0) is 51.5 Å². The van der Waals surface area contributed by atoms with Gasteiger partial charge in [-0.2, -0.15) is 0 Å². The maximum Gasteiger partial charge on any atom is 0.175 e. The van der Waals surface area contributed by atoms with Gasteiger partial charge >= 0.3 is 0 Å². The summed E-state index contributed by atoms with van der Waals surface area (Å²) in [5.41, 5.74) is 2.86. The molecule has 2 rings (SSSR count). The van der Waals surface area contributed by atoms with E-state index < -0.39 is 6.10 Å². The average Bonchev–Trinajstić information content (AvgIpc) is 2.77. The lowest BCUT2D eigenvalue weighted by molar-refractivity contribution is 0.101. The first-order valence-electron chi connectivity index (χ1n) is 7.04. The van der Waals surface area contributed by atoms with Crippen molar-refractivity contribution in [2.24, 2.45) is 0 Å². The van der Waals surface area contributed by atoms with Crippen LogP contribution in [0.5, 0.6) is 5.75 Å². The van der Waals surface area contributed by atoms with E-state index in [1.165, 1.54) is 0 Å². The van der Waals surface area contributed by atoms with Crippen molar-refractivity contribution in [3.63, 3.8) is 0 Å². The summed E-state index contributed by atoms with van der Waals surface area (Å²) < 4.78 is 6.30. The number of aliphatic hydroxyl groups is 1. The molecule has 0 amide bonds. The molecule has 1 atom stereocenters. The molecular formula is C15H23N3O2S. The Kier molecular flexibility index (Phi) is 4.70. The molecule has 116 valence electrons. The van der Waals surface area contributed by atoms with Gasteiger partial charge in [-0.3, -0.25) is 0 Å². The highest BCUT2D eigenvalue weighted by molar-refractivity contribution is 7.71. The number of aromatic nitrogens is 2. The summed E-state index contributed by atoms with van der Waals surface area (Å²) in [6, 6.07) is 3.86. The lowest BCUT2D eigenvalue weighted by Crippen LogP contribution is -2.42. The van der Waals surface area contributed by atoms with Gasteiger partial charge in [0.05, 0.1) is 5.52 Å². The van der Waals surface area contributed by atoms with Gasteiger partial charge in [0.15, 0.2) is 4.77 Å².